The molecule has 0 N–H and O–H groups in total. The fourth-order valence-electron chi connectivity index (χ4n) is 2.28. The van der Waals surface area contributed by atoms with Crippen LogP contribution >= 0.6 is 0 Å². The Hall–Kier alpha value is -1.30. The van der Waals surface area contributed by atoms with Gasteiger partial charge in [-0.05, 0) is 19.4 Å². The normalized spacial score (nSPS) is 24.6. The van der Waals surface area contributed by atoms with Crippen LogP contribution in [0, 0.1) is 11.5 Å². The first-order chi connectivity index (χ1) is 9.37. The van der Waals surface area contributed by atoms with Crippen molar-refractivity contribution in [3.63, 3.8) is 0 Å². The molecule has 2 heteroatoms. The number of allylic oxidation sites excluding steroid dienone is 1. The van der Waals surface area contributed by atoms with Crippen molar-refractivity contribution in [2.45, 2.75) is 52.1 Å². The fourth-order valence-corrected chi connectivity index (χ4v) is 2.86. The topological polar surface area (TPSA) is 3.01 Å². The summed E-state index contributed by atoms with van der Waals surface area (Å²) in [7, 11) is -1.28. The summed E-state index contributed by atoms with van der Waals surface area (Å²) in [6.07, 6.45) is 2.35. The van der Waals surface area contributed by atoms with Gasteiger partial charge in [-0.25, -0.2) is 0 Å². The molecule has 2 rings (SSSR count). The Labute approximate surface area is 124 Å². The first kappa shape index (κ1) is 15.1. The van der Waals surface area contributed by atoms with E-state index in [0.717, 1.165) is 6.54 Å². The van der Waals surface area contributed by atoms with Crippen molar-refractivity contribution in [1.82, 2.24) is 4.90 Å². The Morgan fingerprint density at radius 2 is 1.85 bits per heavy atom. The van der Waals surface area contributed by atoms with Crippen LogP contribution in [-0.4, -0.2) is 25.1 Å². The van der Waals surface area contributed by atoms with Gasteiger partial charge in [-0.2, -0.15) is 0 Å². The monoisotopic (exact) mass is 283 g/mol. The Balaban J connectivity index is 2.10. The molecule has 1 heterocycles. The molecule has 0 saturated carbocycles. The van der Waals surface area contributed by atoms with Crippen LogP contribution in [0.25, 0.3) is 0 Å². The zero-order valence-corrected chi connectivity index (χ0v) is 14.3. The standard InChI is InChI=1S/C18H25NSi/c1-15(2)13-18-17(11-12-20(3,4)5)19(18)14-16-9-7-6-8-10-16/h6-10,13,17-18H,14H2,1-5H3/t17-,18-,19?/m1/s1. The van der Waals surface area contributed by atoms with E-state index in [4.69, 9.17) is 0 Å². The minimum atomic E-state index is -1.28. The second-order valence-electron chi connectivity index (χ2n) is 6.86. The number of hydrogen-bond acceptors (Lipinski definition) is 1. The van der Waals surface area contributed by atoms with Crippen molar-refractivity contribution in [3.8, 4) is 11.5 Å². The van der Waals surface area contributed by atoms with Crippen molar-refractivity contribution in [3.05, 3.63) is 47.5 Å². The molecule has 0 aliphatic carbocycles. The highest BCUT2D eigenvalue weighted by Gasteiger charge is 2.44. The maximum atomic E-state index is 3.52. The molecule has 0 spiro atoms. The van der Waals surface area contributed by atoms with Crippen molar-refractivity contribution in [1.29, 1.82) is 0 Å². The first-order valence-electron chi connectivity index (χ1n) is 7.34. The highest BCUT2D eigenvalue weighted by Crippen LogP contribution is 2.32. The van der Waals surface area contributed by atoms with E-state index in [1.165, 1.54) is 11.1 Å². The molecule has 3 atom stereocenters. The smallest absolute Gasteiger partial charge is 0.129 e. The largest absolute Gasteiger partial charge is 0.275 e. The summed E-state index contributed by atoms with van der Waals surface area (Å²) in [5.41, 5.74) is 6.27. The average molecular weight is 283 g/mol. The summed E-state index contributed by atoms with van der Waals surface area (Å²) < 4.78 is 0. The van der Waals surface area contributed by atoms with Crippen LogP contribution in [-0.2, 0) is 6.54 Å². The van der Waals surface area contributed by atoms with E-state index < -0.39 is 8.07 Å². The third kappa shape index (κ3) is 4.37. The molecule has 1 aromatic rings. The van der Waals surface area contributed by atoms with E-state index in [0.29, 0.717) is 12.1 Å². The van der Waals surface area contributed by atoms with Crippen LogP contribution in [0.2, 0.25) is 19.6 Å². The SMILES string of the molecule is CC(C)=C[C@@H]1[C@@H](C#C[Si](C)(C)C)N1Cc1ccccc1. The predicted octanol–water partition coefficient (Wildman–Crippen LogP) is 4.09. The Bertz CT molecular complexity index is 538. The minimum absolute atomic E-state index is 0.414. The molecular weight excluding hydrogens is 258 g/mol. The highest BCUT2D eigenvalue weighted by molar-refractivity contribution is 6.83. The van der Waals surface area contributed by atoms with Crippen molar-refractivity contribution in [2.75, 3.05) is 0 Å². The van der Waals surface area contributed by atoms with Gasteiger partial charge in [0.1, 0.15) is 8.07 Å². The van der Waals surface area contributed by atoms with Crippen molar-refractivity contribution in [2.24, 2.45) is 0 Å². The molecule has 20 heavy (non-hydrogen) atoms. The van der Waals surface area contributed by atoms with Gasteiger partial charge in [0.15, 0.2) is 0 Å². The molecule has 1 aliphatic rings. The second kappa shape index (κ2) is 5.99. The van der Waals surface area contributed by atoms with Crippen LogP contribution in [0.3, 0.4) is 0 Å². The molecule has 0 radical (unpaired) electrons. The Kier molecular flexibility index (Phi) is 4.52. The minimum Gasteiger partial charge on any atom is -0.275 e. The van der Waals surface area contributed by atoms with Gasteiger partial charge in [-0.15, -0.1) is 5.54 Å². The number of rotatable bonds is 3. The zero-order chi connectivity index (χ0) is 14.8. The van der Waals surface area contributed by atoms with Crippen molar-refractivity contribution < 1.29 is 0 Å². The van der Waals surface area contributed by atoms with E-state index >= 15 is 0 Å². The van der Waals surface area contributed by atoms with E-state index in [1.807, 2.05) is 0 Å². The summed E-state index contributed by atoms with van der Waals surface area (Å²) in [5, 5.41) is 0. The van der Waals surface area contributed by atoms with Gasteiger partial charge in [0.25, 0.3) is 0 Å². The highest BCUT2D eigenvalue weighted by atomic mass is 28.3. The summed E-state index contributed by atoms with van der Waals surface area (Å²) in [5.74, 6) is 3.52. The Morgan fingerprint density at radius 1 is 1.20 bits per heavy atom. The second-order valence-corrected chi connectivity index (χ2v) is 11.6. The lowest BCUT2D eigenvalue weighted by Gasteiger charge is -2.04. The summed E-state index contributed by atoms with van der Waals surface area (Å²) >= 11 is 0. The molecule has 0 bridgehead atoms. The fraction of sp³-hybridized carbons (Fsp3) is 0.444. The van der Waals surface area contributed by atoms with Gasteiger partial charge in [-0.3, -0.25) is 4.90 Å². The maximum Gasteiger partial charge on any atom is 0.129 e. The predicted molar refractivity (Wildman–Crippen MR) is 90.1 cm³/mol. The molecule has 0 amide bonds. The average Bonchev–Trinajstić information content (AvgIpc) is 2.98. The summed E-state index contributed by atoms with van der Waals surface area (Å²) in [6, 6.07) is 11.6. The molecule has 1 aliphatic heterocycles. The maximum absolute atomic E-state index is 3.52. The van der Waals surface area contributed by atoms with Crippen LogP contribution in [0.15, 0.2) is 42.0 Å². The van der Waals surface area contributed by atoms with Crippen LogP contribution in [0.1, 0.15) is 19.4 Å². The summed E-state index contributed by atoms with van der Waals surface area (Å²) in [6.45, 7) is 12.3. The molecule has 1 unspecified atom stereocenters. The first-order valence-corrected chi connectivity index (χ1v) is 10.8. The molecule has 106 valence electrons. The third-order valence-electron chi connectivity index (χ3n) is 3.28. The lowest BCUT2D eigenvalue weighted by atomic mass is 10.2. The van der Waals surface area contributed by atoms with Crippen molar-refractivity contribution >= 4 is 8.07 Å². The van der Waals surface area contributed by atoms with E-state index in [-0.39, 0.29) is 0 Å². The molecule has 1 saturated heterocycles. The van der Waals surface area contributed by atoms with Gasteiger partial charge in [0.05, 0.1) is 12.1 Å². The number of hydrogen-bond donors (Lipinski definition) is 0. The van der Waals surface area contributed by atoms with Gasteiger partial charge in [0.2, 0.25) is 0 Å². The summed E-state index contributed by atoms with van der Waals surface area (Å²) in [4.78, 5) is 2.48. The molecule has 0 aromatic heterocycles. The lowest BCUT2D eigenvalue weighted by Crippen LogP contribution is -2.17. The molecule has 1 nitrogen and oxygen atoms in total. The Morgan fingerprint density at radius 3 is 2.40 bits per heavy atom. The molecule has 1 aromatic carbocycles. The number of nitrogens with zero attached hydrogens (tertiary/aromatic N) is 1. The van der Waals surface area contributed by atoms with Gasteiger partial charge >= 0.3 is 0 Å². The van der Waals surface area contributed by atoms with Crippen LogP contribution in [0.4, 0.5) is 0 Å². The van der Waals surface area contributed by atoms with Crippen LogP contribution in [0.5, 0.6) is 0 Å². The van der Waals surface area contributed by atoms with Gasteiger partial charge in [-0.1, -0.05) is 67.5 Å². The van der Waals surface area contributed by atoms with Gasteiger partial charge in [0, 0.05) is 6.54 Å². The third-order valence-corrected chi connectivity index (χ3v) is 4.18. The lowest BCUT2D eigenvalue weighted by molar-refractivity contribution is 0.511. The van der Waals surface area contributed by atoms with E-state index in [2.05, 4.69) is 86.3 Å². The van der Waals surface area contributed by atoms with E-state index in [9.17, 15) is 0 Å². The molecule has 1 fully saturated rings. The van der Waals surface area contributed by atoms with E-state index in [1.54, 1.807) is 0 Å². The quantitative estimate of drug-likeness (QED) is 0.349. The van der Waals surface area contributed by atoms with Crippen LogP contribution < -0.4 is 0 Å². The molecular formula is C18H25NSi. The zero-order valence-electron chi connectivity index (χ0n) is 13.3. The van der Waals surface area contributed by atoms with Gasteiger partial charge < -0.3 is 0 Å². The number of benzene rings is 1.